The van der Waals surface area contributed by atoms with E-state index in [1.165, 1.54) is 0 Å². The molecule has 18 heavy (non-hydrogen) atoms. The largest absolute Gasteiger partial charge is 0.481 e. The minimum atomic E-state index is -0.785. The lowest BCUT2D eigenvalue weighted by Crippen LogP contribution is -1.95. The molecule has 0 aromatic carbocycles. The van der Waals surface area contributed by atoms with Gasteiger partial charge in [-0.3, -0.25) is 4.79 Å². The number of unbranched alkanes of at least 4 members (excludes halogenated alkanes) is 1. The van der Waals surface area contributed by atoms with Crippen LogP contribution in [0.5, 0.6) is 0 Å². The summed E-state index contributed by atoms with van der Waals surface area (Å²) < 4.78 is 10.3. The van der Waals surface area contributed by atoms with Gasteiger partial charge in [0.15, 0.2) is 5.76 Å². The van der Waals surface area contributed by atoms with Gasteiger partial charge in [0.2, 0.25) is 11.7 Å². The number of aryl methyl sites for hydroxylation is 2. The monoisotopic (exact) mass is 250 g/mol. The number of furan rings is 1. The molecule has 0 aliphatic heterocycles. The average Bonchev–Trinajstić information content (AvgIpc) is 2.92. The molecular weight excluding hydrogens is 236 g/mol. The lowest BCUT2D eigenvalue weighted by Gasteiger charge is -1.93. The van der Waals surface area contributed by atoms with Crippen molar-refractivity contribution < 1.29 is 18.8 Å². The minimum absolute atomic E-state index is 0.165. The SMILES string of the molecule is Cc1ccoc1-c1noc(CCCCC(=O)O)n1. The van der Waals surface area contributed by atoms with Crippen LogP contribution in [0.1, 0.15) is 30.7 Å². The third kappa shape index (κ3) is 2.97. The number of carboxylic acids is 1. The number of hydrogen-bond acceptors (Lipinski definition) is 5. The highest BCUT2D eigenvalue weighted by Gasteiger charge is 2.13. The maximum atomic E-state index is 10.3. The van der Waals surface area contributed by atoms with Gasteiger partial charge in [-0.2, -0.15) is 4.98 Å². The molecule has 0 fully saturated rings. The Balaban J connectivity index is 1.91. The van der Waals surface area contributed by atoms with Crippen LogP contribution in [-0.2, 0) is 11.2 Å². The molecular formula is C12H14N2O4. The van der Waals surface area contributed by atoms with Gasteiger partial charge >= 0.3 is 5.97 Å². The minimum Gasteiger partial charge on any atom is -0.481 e. The van der Waals surface area contributed by atoms with Crippen LogP contribution in [0.4, 0.5) is 0 Å². The lowest BCUT2D eigenvalue weighted by molar-refractivity contribution is -0.137. The molecule has 0 saturated heterocycles. The third-order valence-corrected chi connectivity index (χ3v) is 2.56. The summed E-state index contributed by atoms with van der Waals surface area (Å²) in [6, 6.07) is 1.83. The Morgan fingerprint density at radius 1 is 1.44 bits per heavy atom. The standard InChI is InChI=1S/C12H14N2O4/c1-8-6-7-17-11(8)12-13-9(18-14-12)4-2-3-5-10(15)16/h6-7H,2-5H2,1H3,(H,15,16). The van der Waals surface area contributed by atoms with Crippen LogP contribution in [0.25, 0.3) is 11.6 Å². The first-order valence-corrected chi connectivity index (χ1v) is 5.75. The van der Waals surface area contributed by atoms with E-state index in [0.29, 0.717) is 36.7 Å². The van der Waals surface area contributed by atoms with E-state index < -0.39 is 5.97 Å². The zero-order chi connectivity index (χ0) is 13.0. The number of nitrogens with zero attached hydrogens (tertiary/aromatic N) is 2. The molecule has 0 unspecified atom stereocenters. The van der Waals surface area contributed by atoms with Gasteiger partial charge in [-0.15, -0.1) is 0 Å². The van der Waals surface area contributed by atoms with Gasteiger partial charge in [0, 0.05) is 12.8 Å². The summed E-state index contributed by atoms with van der Waals surface area (Å²) >= 11 is 0. The fourth-order valence-corrected chi connectivity index (χ4v) is 1.60. The molecule has 6 nitrogen and oxygen atoms in total. The Hall–Kier alpha value is -2.11. The maximum Gasteiger partial charge on any atom is 0.303 e. The second kappa shape index (κ2) is 5.48. The molecule has 96 valence electrons. The topological polar surface area (TPSA) is 89.4 Å². The van der Waals surface area contributed by atoms with Gasteiger partial charge in [0.1, 0.15) is 0 Å². The number of rotatable bonds is 6. The average molecular weight is 250 g/mol. The van der Waals surface area contributed by atoms with Crippen molar-refractivity contribution in [1.82, 2.24) is 10.1 Å². The van der Waals surface area contributed by atoms with Gasteiger partial charge in [0.25, 0.3) is 0 Å². The predicted octanol–water partition coefficient (Wildman–Crippen LogP) is 2.44. The molecule has 2 heterocycles. The van der Waals surface area contributed by atoms with Crippen molar-refractivity contribution in [3.63, 3.8) is 0 Å². The van der Waals surface area contributed by atoms with E-state index in [1.807, 2.05) is 13.0 Å². The first-order chi connectivity index (χ1) is 8.66. The molecule has 2 rings (SSSR count). The number of aromatic nitrogens is 2. The van der Waals surface area contributed by atoms with Crippen molar-refractivity contribution in [1.29, 1.82) is 0 Å². The zero-order valence-electron chi connectivity index (χ0n) is 10.0. The Kier molecular flexibility index (Phi) is 3.76. The van der Waals surface area contributed by atoms with Gasteiger partial charge in [-0.05, 0) is 31.4 Å². The van der Waals surface area contributed by atoms with Crippen molar-refractivity contribution in [2.45, 2.75) is 32.6 Å². The highest BCUT2D eigenvalue weighted by atomic mass is 16.5. The quantitative estimate of drug-likeness (QED) is 0.792. The Labute approximate surface area is 104 Å². The van der Waals surface area contributed by atoms with Crippen molar-refractivity contribution in [2.24, 2.45) is 0 Å². The van der Waals surface area contributed by atoms with Crippen LogP contribution < -0.4 is 0 Å². The molecule has 0 radical (unpaired) electrons. The Morgan fingerprint density at radius 3 is 2.94 bits per heavy atom. The second-order valence-corrected chi connectivity index (χ2v) is 4.05. The molecule has 2 aromatic heterocycles. The predicted molar refractivity (Wildman–Crippen MR) is 61.9 cm³/mol. The normalized spacial score (nSPS) is 10.7. The molecule has 0 saturated carbocycles. The lowest BCUT2D eigenvalue weighted by atomic mass is 10.2. The van der Waals surface area contributed by atoms with E-state index in [9.17, 15) is 4.79 Å². The Bertz CT molecular complexity index is 530. The van der Waals surface area contributed by atoms with Gasteiger partial charge in [-0.1, -0.05) is 5.16 Å². The van der Waals surface area contributed by atoms with Crippen molar-refractivity contribution in [3.8, 4) is 11.6 Å². The van der Waals surface area contributed by atoms with E-state index in [0.717, 1.165) is 5.56 Å². The summed E-state index contributed by atoms with van der Waals surface area (Å²) in [6.45, 7) is 1.90. The van der Waals surface area contributed by atoms with Crippen molar-refractivity contribution >= 4 is 5.97 Å². The second-order valence-electron chi connectivity index (χ2n) is 4.05. The van der Waals surface area contributed by atoms with E-state index >= 15 is 0 Å². The highest BCUT2D eigenvalue weighted by Crippen LogP contribution is 2.21. The van der Waals surface area contributed by atoms with Crippen molar-refractivity contribution in [3.05, 3.63) is 23.8 Å². The first kappa shape index (κ1) is 12.3. The van der Waals surface area contributed by atoms with E-state index in [1.54, 1.807) is 6.26 Å². The summed E-state index contributed by atoms with van der Waals surface area (Å²) in [4.78, 5) is 14.6. The summed E-state index contributed by atoms with van der Waals surface area (Å²) in [6.07, 6.45) is 3.64. The molecule has 2 aromatic rings. The summed E-state index contributed by atoms with van der Waals surface area (Å²) in [5.74, 6) is 0.764. The van der Waals surface area contributed by atoms with Gasteiger partial charge in [-0.25, -0.2) is 0 Å². The van der Waals surface area contributed by atoms with Crippen LogP contribution in [0.15, 0.2) is 21.3 Å². The maximum absolute atomic E-state index is 10.3. The van der Waals surface area contributed by atoms with Crippen LogP contribution >= 0.6 is 0 Å². The fraction of sp³-hybridized carbons (Fsp3) is 0.417. The van der Waals surface area contributed by atoms with E-state index in [2.05, 4.69) is 10.1 Å². The van der Waals surface area contributed by atoms with E-state index in [4.69, 9.17) is 14.0 Å². The Morgan fingerprint density at radius 2 is 2.28 bits per heavy atom. The fourth-order valence-electron chi connectivity index (χ4n) is 1.60. The molecule has 0 bridgehead atoms. The van der Waals surface area contributed by atoms with Crippen LogP contribution in [0.2, 0.25) is 0 Å². The number of carbonyl (C=O) groups is 1. The summed E-state index contributed by atoms with van der Waals surface area (Å²) in [5.41, 5.74) is 0.952. The zero-order valence-corrected chi connectivity index (χ0v) is 10.0. The smallest absolute Gasteiger partial charge is 0.303 e. The number of carboxylic acid groups (broad SMARTS) is 1. The highest BCUT2D eigenvalue weighted by molar-refractivity contribution is 5.66. The third-order valence-electron chi connectivity index (χ3n) is 2.56. The molecule has 6 heteroatoms. The first-order valence-electron chi connectivity index (χ1n) is 5.75. The van der Waals surface area contributed by atoms with Crippen LogP contribution in [0, 0.1) is 6.92 Å². The molecule has 0 amide bonds. The molecule has 1 N–H and O–H groups in total. The van der Waals surface area contributed by atoms with Crippen LogP contribution in [0.3, 0.4) is 0 Å². The molecule has 0 spiro atoms. The van der Waals surface area contributed by atoms with Gasteiger partial charge in [0.05, 0.1) is 6.26 Å². The molecule has 0 aliphatic carbocycles. The number of hydrogen-bond donors (Lipinski definition) is 1. The van der Waals surface area contributed by atoms with Crippen molar-refractivity contribution in [2.75, 3.05) is 0 Å². The molecule has 0 aliphatic rings. The van der Waals surface area contributed by atoms with E-state index in [-0.39, 0.29) is 6.42 Å². The number of aliphatic carboxylic acids is 1. The van der Waals surface area contributed by atoms with Crippen LogP contribution in [-0.4, -0.2) is 21.2 Å². The van der Waals surface area contributed by atoms with Gasteiger partial charge < -0.3 is 14.0 Å². The molecule has 0 atom stereocenters. The summed E-state index contributed by atoms with van der Waals surface area (Å²) in [7, 11) is 0. The summed E-state index contributed by atoms with van der Waals surface area (Å²) in [5, 5.41) is 12.3.